The molecule has 1 aliphatic carbocycles. The maximum Gasteiger partial charge on any atom is 0.410 e. The minimum Gasteiger partial charge on any atom is -0.461 e. The summed E-state index contributed by atoms with van der Waals surface area (Å²) in [5.74, 6) is -2.60. The lowest BCUT2D eigenvalue weighted by Crippen LogP contribution is -2.66. The molecular weight excluding hydrogens is 596 g/mol. The van der Waals surface area contributed by atoms with Crippen molar-refractivity contribution in [3.8, 4) is 0 Å². The molecule has 250 valence electrons. The van der Waals surface area contributed by atoms with E-state index < -0.39 is 76.1 Å². The number of esters is 3. The lowest BCUT2D eigenvalue weighted by atomic mass is 9.52. The van der Waals surface area contributed by atoms with Gasteiger partial charge in [0.25, 0.3) is 5.91 Å². The summed E-state index contributed by atoms with van der Waals surface area (Å²) in [7, 11) is 0. The average molecular weight is 641 g/mol. The monoisotopic (exact) mass is 640 g/mol. The number of benzene rings is 1. The molecule has 0 unspecified atom stereocenters. The van der Waals surface area contributed by atoms with Crippen LogP contribution in [-0.2, 0) is 33.3 Å². The molecule has 0 aromatic heterocycles. The van der Waals surface area contributed by atoms with Crippen LogP contribution in [0.4, 0.5) is 4.79 Å². The van der Waals surface area contributed by atoms with Crippen molar-refractivity contribution in [1.29, 1.82) is 0 Å². The summed E-state index contributed by atoms with van der Waals surface area (Å²) in [5, 5.41) is 12.8. The fourth-order valence-electron chi connectivity index (χ4n) is 8.62. The topological polar surface area (TPSA) is 149 Å². The number of piperidine rings is 1. The van der Waals surface area contributed by atoms with Gasteiger partial charge in [0.1, 0.15) is 22.5 Å². The molecule has 1 saturated carbocycles. The maximum absolute atomic E-state index is 14.5. The van der Waals surface area contributed by atoms with Gasteiger partial charge in [0.05, 0.1) is 17.6 Å². The Morgan fingerprint density at radius 2 is 1.65 bits per heavy atom. The van der Waals surface area contributed by atoms with Crippen LogP contribution in [0.5, 0.6) is 0 Å². The molecule has 12 heteroatoms. The number of rotatable bonds is 5. The number of carbonyl (C=O) groups is 5. The quantitative estimate of drug-likeness (QED) is 0.375. The van der Waals surface area contributed by atoms with Crippen molar-refractivity contribution in [2.75, 3.05) is 19.6 Å². The molecular formula is C34H44N2O10. The van der Waals surface area contributed by atoms with Gasteiger partial charge < -0.3 is 33.9 Å². The Bertz CT molecular complexity index is 1440. The zero-order valence-electron chi connectivity index (χ0n) is 27.4. The fourth-order valence-corrected chi connectivity index (χ4v) is 8.62. The van der Waals surface area contributed by atoms with E-state index in [1.54, 1.807) is 56.0 Å². The first-order valence-corrected chi connectivity index (χ1v) is 16.1. The van der Waals surface area contributed by atoms with Crippen LogP contribution in [0.25, 0.3) is 0 Å². The van der Waals surface area contributed by atoms with E-state index in [9.17, 15) is 29.1 Å². The van der Waals surface area contributed by atoms with Gasteiger partial charge in [-0.15, -0.1) is 0 Å². The zero-order valence-corrected chi connectivity index (χ0v) is 27.4. The van der Waals surface area contributed by atoms with Crippen LogP contribution >= 0.6 is 0 Å². The van der Waals surface area contributed by atoms with Gasteiger partial charge in [-0.25, -0.2) is 9.59 Å². The summed E-state index contributed by atoms with van der Waals surface area (Å²) in [5.41, 5.74) is -6.70. The summed E-state index contributed by atoms with van der Waals surface area (Å²) >= 11 is 0. The van der Waals surface area contributed by atoms with Crippen molar-refractivity contribution in [3.63, 3.8) is 0 Å². The van der Waals surface area contributed by atoms with Crippen LogP contribution < -0.4 is 0 Å². The highest BCUT2D eigenvalue weighted by Gasteiger charge is 2.93. The van der Waals surface area contributed by atoms with E-state index in [1.165, 1.54) is 4.90 Å². The van der Waals surface area contributed by atoms with Gasteiger partial charge in [0, 0.05) is 26.1 Å². The number of likely N-dealkylation sites (tertiary alicyclic amines) is 2. The van der Waals surface area contributed by atoms with Crippen molar-refractivity contribution in [2.45, 2.75) is 103 Å². The highest BCUT2D eigenvalue weighted by atomic mass is 16.6. The van der Waals surface area contributed by atoms with Gasteiger partial charge in [0.2, 0.25) is 0 Å². The molecule has 46 heavy (non-hydrogen) atoms. The molecule has 12 nitrogen and oxygen atoms in total. The van der Waals surface area contributed by atoms with Crippen LogP contribution in [0.1, 0.15) is 84.0 Å². The molecule has 1 aromatic rings. The minimum atomic E-state index is -1.81. The Hall–Kier alpha value is -3.67. The summed E-state index contributed by atoms with van der Waals surface area (Å²) in [4.78, 5) is 70.6. The molecule has 0 radical (unpaired) electrons. The molecule has 5 aliphatic rings. The van der Waals surface area contributed by atoms with Crippen molar-refractivity contribution in [1.82, 2.24) is 9.80 Å². The highest BCUT2D eigenvalue weighted by Crippen LogP contribution is 2.76. The Balaban J connectivity index is 1.33. The number of carbonyl (C=O) groups excluding carboxylic acids is 5. The van der Waals surface area contributed by atoms with E-state index >= 15 is 0 Å². The highest BCUT2D eigenvalue weighted by molar-refractivity contribution is 5.99. The van der Waals surface area contributed by atoms with Crippen LogP contribution in [0, 0.1) is 22.2 Å². The van der Waals surface area contributed by atoms with Crippen molar-refractivity contribution < 1.29 is 48.0 Å². The van der Waals surface area contributed by atoms with Crippen molar-refractivity contribution in [3.05, 3.63) is 35.9 Å². The smallest absolute Gasteiger partial charge is 0.410 e. The second kappa shape index (κ2) is 10.7. The van der Waals surface area contributed by atoms with E-state index in [4.69, 9.17) is 18.9 Å². The molecule has 6 rings (SSSR count). The van der Waals surface area contributed by atoms with Gasteiger partial charge in [-0.2, -0.15) is 0 Å². The van der Waals surface area contributed by atoms with Gasteiger partial charge >= 0.3 is 24.0 Å². The predicted octanol–water partition coefficient (Wildman–Crippen LogP) is 3.44. The summed E-state index contributed by atoms with van der Waals surface area (Å²) < 4.78 is 23.3. The molecule has 1 aromatic carbocycles. The average Bonchev–Trinajstić information content (AvgIpc) is 3.58. The number of hydrogen-bond donors (Lipinski definition) is 1. The third kappa shape index (κ3) is 4.53. The summed E-state index contributed by atoms with van der Waals surface area (Å²) in [6.45, 7) is 12.0. The lowest BCUT2D eigenvalue weighted by Gasteiger charge is -2.51. The standard InChI is InChI=1S/C34H44N2O10/c1-30(2,3)33(42)18-22-32(19-23(37)43-22)28(40)45-27-34(32,33)24(44-26(39)21-10-8-7-9-11-21)25(38)36(27)17-14-20-12-15-35(16-13-20)29(41)46-31(4,5)6/h7-11,20,22,24,27,42H,12-19H2,1-6H3/t22-,24-,27-,32-,33+,34+/m0/s1. The molecule has 2 spiro atoms. The van der Waals surface area contributed by atoms with Crippen molar-refractivity contribution >= 4 is 29.9 Å². The second-order valence-electron chi connectivity index (χ2n) is 15.5. The predicted molar refractivity (Wildman–Crippen MR) is 161 cm³/mol. The molecule has 5 fully saturated rings. The van der Waals surface area contributed by atoms with E-state index in [2.05, 4.69) is 0 Å². The third-order valence-electron chi connectivity index (χ3n) is 10.8. The molecule has 0 bridgehead atoms. The molecule has 1 N–H and O–H groups in total. The normalized spacial score (nSPS) is 34.2. The second-order valence-corrected chi connectivity index (χ2v) is 15.5. The first-order valence-electron chi connectivity index (χ1n) is 16.1. The fraction of sp³-hybridized carbons (Fsp3) is 0.676. The molecule has 4 saturated heterocycles. The first kappa shape index (κ1) is 32.3. The van der Waals surface area contributed by atoms with Crippen molar-refractivity contribution in [2.24, 2.45) is 22.2 Å². The SMILES string of the molecule is CC(C)(C)OC(=O)N1CCC(CCN2C(=O)[C@H](OC(=O)c3ccccc3)[C@@]34[C@@H]2OC(=O)[C@@]32CC(=O)O[C@H]2C[C@@]4(O)C(C)(C)C)CC1. The molecule has 4 aliphatic heterocycles. The van der Waals surface area contributed by atoms with E-state index in [0.29, 0.717) is 32.4 Å². The Labute approximate surface area is 268 Å². The van der Waals surface area contributed by atoms with Gasteiger partial charge in [-0.3, -0.25) is 14.4 Å². The summed E-state index contributed by atoms with van der Waals surface area (Å²) in [6.07, 6.45) is -2.93. The molecule has 6 atom stereocenters. The van der Waals surface area contributed by atoms with Gasteiger partial charge in [0.15, 0.2) is 12.3 Å². The maximum atomic E-state index is 14.5. The number of ether oxygens (including phenoxy) is 4. The first-order chi connectivity index (χ1) is 21.5. The summed E-state index contributed by atoms with van der Waals surface area (Å²) in [6, 6.07) is 8.18. The minimum absolute atomic E-state index is 0.114. The molecule has 4 heterocycles. The zero-order chi connectivity index (χ0) is 33.4. The van der Waals surface area contributed by atoms with E-state index in [1.807, 2.05) is 20.8 Å². The Morgan fingerprint density at radius 1 is 1.00 bits per heavy atom. The number of nitrogens with zero attached hydrogens (tertiary/aromatic N) is 2. The van der Waals surface area contributed by atoms with Crippen LogP contribution in [0.2, 0.25) is 0 Å². The van der Waals surface area contributed by atoms with E-state index in [0.717, 1.165) is 0 Å². The van der Waals surface area contributed by atoms with E-state index in [-0.39, 0.29) is 30.5 Å². The Kier molecular flexibility index (Phi) is 7.50. The Morgan fingerprint density at radius 3 is 2.26 bits per heavy atom. The number of aliphatic hydroxyl groups is 1. The van der Waals surface area contributed by atoms with Crippen LogP contribution in [0.3, 0.4) is 0 Å². The number of amides is 2. The lowest BCUT2D eigenvalue weighted by molar-refractivity contribution is -0.212. The third-order valence-corrected chi connectivity index (χ3v) is 10.8. The largest absolute Gasteiger partial charge is 0.461 e. The van der Waals surface area contributed by atoms with Gasteiger partial charge in [-0.05, 0) is 63.5 Å². The van der Waals surface area contributed by atoms with Gasteiger partial charge in [-0.1, -0.05) is 39.0 Å². The van der Waals surface area contributed by atoms with Crippen LogP contribution in [-0.4, -0.2) is 94.1 Å². The van der Waals surface area contributed by atoms with Crippen LogP contribution in [0.15, 0.2) is 30.3 Å². The number of hydrogen-bond acceptors (Lipinski definition) is 10. The molecule has 2 amide bonds.